The summed E-state index contributed by atoms with van der Waals surface area (Å²) in [7, 11) is 2.00. The summed E-state index contributed by atoms with van der Waals surface area (Å²) < 4.78 is 7.43. The lowest BCUT2D eigenvalue weighted by Crippen LogP contribution is -2.60. The maximum absolute atomic E-state index is 12.7. The van der Waals surface area contributed by atoms with Crippen molar-refractivity contribution >= 4 is 17.7 Å². The predicted octanol–water partition coefficient (Wildman–Crippen LogP) is 1.82. The van der Waals surface area contributed by atoms with E-state index < -0.39 is 0 Å². The van der Waals surface area contributed by atoms with Gasteiger partial charge in [-0.1, -0.05) is 11.8 Å². The Labute approximate surface area is 171 Å². The summed E-state index contributed by atoms with van der Waals surface area (Å²) >= 11 is 1.50. The minimum atomic E-state index is 0.0910. The molecule has 2 heterocycles. The zero-order chi connectivity index (χ0) is 19.1. The first-order valence-electron chi connectivity index (χ1n) is 10.7. The van der Waals surface area contributed by atoms with Gasteiger partial charge in [0.05, 0.1) is 25.5 Å². The van der Waals surface area contributed by atoms with E-state index in [0.29, 0.717) is 5.75 Å². The lowest BCUT2D eigenvalue weighted by molar-refractivity contribution is -0.124. The molecule has 0 spiro atoms. The van der Waals surface area contributed by atoms with Crippen molar-refractivity contribution in [1.82, 2.24) is 25.0 Å². The first-order chi connectivity index (χ1) is 13.6. The van der Waals surface area contributed by atoms with Gasteiger partial charge in [-0.3, -0.25) is 9.69 Å². The summed E-state index contributed by atoms with van der Waals surface area (Å²) in [6, 6.07) is 0. The molecule has 1 aliphatic heterocycles. The van der Waals surface area contributed by atoms with Gasteiger partial charge in [0.15, 0.2) is 5.16 Å². The molecule has 0 unspecified atom stereocenters. The second-order valence-corrected chi connectivity index (χ2v) is 10.3. The van der Waals surface area contributed by atoms with Crippen LogP contribution in [0.4, 0.5) is 0 Å². The molecule has 7 nitrogen and oxygen atoms in total. The van der Waals surface area contributed by atoms with Crippen LogP contribution in [-0.2, 0) is 23.1 Å². The topological polar surface area (TPSA) is 72.3 Å². The monoisotopic (exact) mass is 405 g/mol. The second kappa shape index (κ2) is 7.61. The van der Waals surface area contributed by atoms with Crippen LogP contribution in [0, 0.1) is 17.8 Å². The van der Waals surface area contributed by atoms with Crippen molar-refractivity contribution in [3.05, 3.63) is 5.82 Å². The number of carbonyl (C=O) groups excluding carboxylic acids is 1. The van der Waals surface area contributed by atoms with Crippen LogP contribution in [0.15, 0.2) is 5.16 Å². The van der Waals surface area contributed by atoms with Crippen LogP contribution < -0.4 is 5.32 Å². The number of hydrogen-bond donors (Lipinski definition) is 1. The number of carbonyl (C=O) groups is 1. The molecule has 1 saturated heterocycles. The zero-order valence-corrected chi connectivity index (χ0v) is 17.5. The zero-order valence-electron chi connectivity index (χ0n) is 16.7. The Hall–Kier alpha value is -1.12. The van der Waals surface area contributed by atoms with E-state index in [1.165, 1.54) is 50.3 Å². The van der Waals surface area contributed by atoms with E-state index in [-0.39, 0.29) is 11.4 Å². The van der Waals surface area contributed by atoms with Crippen molar-refractivity contribution in [2.75, 3.05) is 32.1 Å². The Morgan fingerprint density at radius 2 is 1.79 bits per heavy atom. The molecule has 1 aromatic heterocycles. The molecule has 0 atom stereocenters. The third-order valence-electron chi connectivity index (χ3n) is 7.17. The van der Waals surface area contributed by atoms with Gasteiger partial charge in [-0.15, -0.1) is 10.2 Å². The normalized spacial score (nSPS) is 34.7. The molecule has 4 bridgehead atoms. The van der Waals surface area contributed by atoms with Crippen molar-refractivity contribution < 1.29 is 9.53 Å². The molecule has 0 radical (unpaired) electrons. The van der Waals surface area contributed by atoms with Crippen molar-refractivity contribution in [2.24, 2.45) is 24.8 Å². The van der Waals surface area contributed by atoms with E-state index in [4.69, 9.17) is 4.74 Å². The molecule has 0 aromatic carbocycles. The van der Waals surface area contributed by atoms with E-state index in [0.717, 1.165) is 61.6 Å². The molecule has 6 rings (SSSR count). The number of hydrogen-bond acceptors (Lipinski definition) is 6. The maximum atomic E-state index is 12.7. The smallest absolute Gasteiger partial charge is 0.230 e. The van der Waals surface area contributed by atoms with Gasteiger partial charge in [0.25, 0.3) is 0 Å². The van der Waals surface area contributed by atoms with Crippen LogP contribution in [0.1, 0.15) is 44.3 Å². The fraction of sp³-hybridized carbons (Fsp3) is 0.850. The highest BCUT2D eigenvalue weighted by atomic mass is 32.2. The third kappa shape index (κ3) is 3.83. The molecule has 5 aliphatic rings. The molecule has 4 aliphatic carbocycles. The molecule has 1 aromatic rings. The Kier molecular flexibility index (Phi) is 5.13. The van der Waals surface area contributed by atoms with Crippen LogP contribution in [0.25, 0.3) is 0 Å². The predicted molar refractivity (Wildman–Crippen MR) is 107 cm³/mol. The van der Waals surface area contributed by atoms with Crippen molar-refractivity contribution in [3.63, 3.8) is 0 Å². The number of nitrogens with one attached hydrogen (secondary N) is 1. The van der Waals surface area contributed by atoms with Gasteiger partial charge in [0, 0.05) is 25.7 Å². The Morgan fingerprint density at radius 3 is 2.43 bits per heavy atom. The highest BCUT2D eigenvalue weighted by molar-refractivity contribution is 7.99. The SMILES string of the molecule is Cn1c(CN2CCOCC2)nnc1SCC(=O)NC12CC3CC(CC(C3)C1)C2. The van der Waals surface area contributed by atoms with Crippen molar-refractivity contribution in [2.45, 2.75) is 55.8 Å². The maximum Gasteiger partial charge on any atom is 0.230 e. The number of ether oxygens (including phenoxy) is 1. The molecule has 1 amide bonds. The number of aromatic nitrogens is 3. The van der Waals surface area contributed by atoms with E-state index in [9.17, 15) is 4.79 Å². The average Bonchev–Trinajstić information content (AvgIpc) is 2.99. The number of thioether (sulfide) groups is 1. The Balaban J connectivity index is 1.15. The van der Waals surface area contributed by atoms with Crippen LogP contribution in [-0.4, -0.2) is 63.2 Å². The summed E-state index contributed by atoms with van der Waals surface area (Å²) in [6.45, 7) is 4.21. The van der Waals surface area contributed by atoms with Crippen molar-refractivity contribution in [3.8, 4) is 0 Å². The molecular formula is C20H31N5O2S. The van der Waals surface area contributed by atoms with E-state index in [1.807, 2.05) is 11.6 Å². The lowest BCUT2D eigenvalue weighted by Gasteiger charge is -2.56. The average molecular weight is 406 g/mol. The highest BCUT2D eigenvalue weighted by Crippen LogP contribution is 2.55. The van der Waals surface area contributed by atoms with Gasteiger partial charge in [-0.25, -0.2) is 0 Å². The summed E-state index contributed by atoms with van der Waals surface area (Å²) in [4.78, 5) is 15.1. The van der Waals surface area contributed by atoms with Gasteiger partial charge in [0.2, 0.25) is 5.91 Å². The van der Waals surface area contributed by atoms with Gasteiger partial charge >= 0.3 is 0 Å². The molecule has 4 saturated carbocycles. The molecule has 5 fully saturated rings. The van der Waals surface area contributed by atoms with Crippen molar-refractivity contribution in [1.29, 1.82) is 0 Å². The summed E-state index contributed by atoms with van der Waals surface area (Å²) in [5.74, 6) is 4.07. The van der Waals surface area contributed by atoms with Gasteiger partial charge in [-0.05, 0) is 56.3 Å². The minimum absolute atomic E-state index is 0.0910. The molecule has 28 heavy (non-hydrogen) atoms. The minimum Gasteiger partial charge on any atom is -0.379 e. The van der Waals surface area contributed by atoms with Crippen LogP contribution in [0.5, 0.6) is 0 Å². The highest BCUT2D eigenvalue weighted by Gasteiger charge is 2.51. The Morgan fingerprint density at radius 1 is 1.14 bits per heavy atom. The molecule has 154 valence electrons. The van der Waals surface area contributed by atoms with Gasteiger partial charge < -0.3 is 14.6 Å². The lowest BCUT2D eigenvalue weighted by atomic mass is 9.53. The first kappa shape index (κ1) is 18.9. The number of amides is 1. The Bertz CT molecular complexity index is 695. The van der Waals surface area contributed by atoms with E-state index in [1.54, 1.807) is 0 Å². The quantitative estimate of drug-likeness (QED) is 0.728. The number of nitrogens with zero attached hydrogens (tertiary/aromatic N) is 4. The molecular weight excluding hydrogens is 374 g/mol. The number of rotatable bonds is 6. The van der Waals surface area contributed by atoms with Gasteiger partial charge in [-0.2, -0.15) is 0 Å². The molecule has 1 N–H and O–H groups in total. The first-order valence-corrected chi connectivity index (χ1v) is 11.7. The largest absolute Gasteiger partial charge is 0.379 e. The standard InChI is InChI=1S/C20H31N5O2S/c1-24-17(12-25-2-4-27-5-3-25)22-23-19(24)28-13-18(26)21-20-9-14-6-15(10-20)8-16(7-14)11-20/h14-16H,2-13H2,1H3,(H,21,26). The second-order valence-electron chi connectivity index (χ2n) is 9.38. The van der Waals surface area contributed by atoms with Gasteiger partial charge in [0.1, 0.15) is 5.82 Å². The van der Waals surface area contributed by atoms with E-state index in [2.05, 4.69) is 20.4 Å². The summed E-state index contributed by atoms with van der Waals surface area (Å²) in [6.07, 6.45) is 7.79. The van der Waals surface area contributed by atoms with E-state index >= 15 is 0 Å². The fourth-order valence-corrected chi connectivity index (χ4v) is 7.02. The summed E-state index contributed by atoms with van der Waals surface area (Å²) in [5.41, 5.74) is 0.0910. The van der Waals surface area contributed by atoms with Crippen LogP contribution in [0.3, 0.4) is 0 Å². The van der Waals surface area contributed by atoms with Crippen LogP contribution >= 0.6 is 11.8 Å². The van der Waals surface area contributed by atoms with Crippen LogP contribution in [0.2, 0.25) is 0 Å². The number of morpholine rings is 1. The summed E-state index contributed by atoms with van der Waals surface area (Å²) in [5, 5.41) is 12.9. The molecule has 8 heteroatoms. The fourth-order valence-electron chi connectivity index (χ4n) is 6.29. The third-order valence-corrected chi connectivity index (χ3v) is 8.19.